The molecule has 3 rings (SSSR count). The lowest BCUT2D eigenvalue weighted by atomic mass is 10.0. The summed E-state index contributed by atoms with van der Waals surface area (Å²) >= 11 is 9.72. The van der Waals surface area contributed by atoms with Crippen LogP contribution >= 0.6 is 27.5 Å². The zero-order valence-corrected chi connectivity index (χ0v) is 14.6. The van der Waals surface area contributed by atoms with Crippen molar-refractivity contribution in [3.8, 4) is 0 Å². The van der Waals surface area contributed by atoms with E-state index in [0.717, 1.165) is 22.6 Å². The molecule has 0 spiro atoms. The lowest BCUT2D eigenvalue weighted by molar-refractivity contribution is 0.175. The van der Waals surface area contributed by atoms with Gasteiger partial charge in [-0.05, 0) is 50.0 Å². The van der Waals surface area contributed by atoms with Gasteiger partial charge in [-0.2, -0.15) is 0 Å². The Morgan fingerprint density at radius 3 is 2.86 bits per heavy atom. The Bertz CT molecular complexity index is 496. The second-order valence-electron chi connectivity index (χ2n) is 6.10. The molecule has 2 fully saturated rings. The van der Waals surface area contributed by atoms with Gasteiger partial charge in [0, 0.05) is 41.2 Å². The fourth-order valence-electron chi connectivity index (χ4n) is 3.76. The van der Waals surface area contributed by atoms with Gasteiger partial charge in [-0.3, -0.25) is 9.80 Å². The third-order valence-electron chi connectivity index (χ3n) is 4.82. The van der Waals surface area contributed by atoms with Gasteiger partial charge in [-0.15, -0.1) is 0 Å². The van der Waals surface area contributed by atoms with E-state index in [1.807, 2.05) is 12.1 Å². The molecule has 0 amide bonds. The van der Waals surface area contributed by atoms with Crippen molar-refractivity contribution in [2.75, 3.05) is 32.7 Å². The highest BCUT2D eigenvalue weighted by molar-refractivity contribution is 9.10. The summed E-state index contributed by atoms with van der Waals surface area (Å²) in [4.78, 5) is 5.23. The van der Waals surface area contributed by atoms with E-state index in [1.165, 1.54) is 37.9 Å². The highest BCUT2D eigenvalue weighted by atomic mass is 79.9. The van der Waals surface area contributed by atoms with Gasteiger partial charge < -0.3 is 5.73 Å². The van der Waals surface area contributed by atoms with E-state index in [2.05, 4.69) is 31.8 Å². The van der Waals surface area contributed by atoms with Crippen molar-refractivity contribution in [3.63, 3.8) is 0 Å². The fraction of sp³-hybridized carbons (Fsp3) is 0.625. The lowest BCUT2D eigenvalue weighted by Crippen LogP contribution is -2.40. The van der Waals surface area contributed by atoms with Gasteiger partial charge in [-0.1, -0.05) is 33.6 Å². The Balaban J connectivity index is 1.81. The highest BCUT2D eigenvalue weighted by Crippen LogP contribution is 2.32. The van der Waals surface area contributed by atoms with Crippen LogP contribution in [0.2, 0.25) is 5.02 Å². The summed E-state index contributed by atoms with van der Waals surface area (Å²) in [6, 6.07) is 7.04. The number of nitrogens with two attached hydrogens (primary N) is 1. The van der Waals surface area contributed by atoms with Crippen LogP contribution in [0.1, 0.15) is 30.9 Å². The molecule has 0 bridgehead atoms. The fourth-order valence-corrected chi connectivity index (χ4v) is 4.71. The van der Waals surface area contributed by atoms with Crippen molar-refractivity contribution in [3.05, 3.63) is 33.3 Å². The molecule has 1 aromatic rings. The predicted octanol–water partition coefficient (Wildman–Crippen LogP) is 3.27. The van der Waals surface area contributed by atoms with Gasteiger partial charge in [0.2, 0.25) is 0 Å². The molecular weight excluding hydrogens is 350 g/mol. The second-order valence-corrected chi connectivity index (χ2v) is 7.39. The molecule has 2 unspecified atom stereocenters. The summed E-state index contributed by atoms with van der Waals surface area (Å²) in [5.41, 5.74) is 7.38. The van der Waals surface area contributed by atoms with Crippen molar-refractivity contribution in [1.82, 2.24) is 9.80 Å². The maximum atomic E-state index is 6.12. The zero-order valence-electron chi connectivity index (χ0n) is 12.3. The first-order chi connectivity index (χ1) is 10.2. The molecule has 2 N–H and O–H groups in total. The van der Waals surface area contributed by atoms with Crippen molar-refractivity contribution in [2.45, 2.75) is 31.3 Å². The van der Waals surface area contributed by atoms with Crippen LogP contribution in [-0.4, -0.2) is 48.6 Å². The smallest absolute Gasteiger partial charge is 0.0482 e. The van der Waals surface area contributed by atoms with Crippen molar-refractivity contribution >= 4 is 27.5 Å². The Morgan fingerprint density at radius 2 is 2.10 bits per heavy atom. The molecule has 1 aromatic carbocycles. The van der Waals surface area contributed by atoms with Crippen molar-refractivity contribution < 1.29 is 0 Å². The normalized spacial score (nSPS) is 25.6. The average Bonchev–Trinajstić information content (AvgIpc) is 2.80. The minimum atomic E-state index is 0.275. The van der Waals surface area contributed by atoms with E-state index < -0.39 is 0 Å². The predicted molar refractivity (Wildman–Crippen MR) is 91.7 cm³/mol. The second kappa shape index (κ2) is 6.97. The third kappa shape index (κ3) is 3.45. The molecule has 2 heterocycles. The molecular formula is C16H23BrClN3. The maximum Gasteiger partial charge on any atom is 0.0482 e. The van der Waals surface area contributed by atoms with Gasteiger partial charge >= 0.3 is 0 Å². The quantitative estimate of drug-likeness (QED) is 0.884. The number of hydrogen-bond acceptors (Lipinski definition) is 3. The Kier molecular flexibility index (Phi) is 5.23. The van der Waals surface area contributed by atoms with Crippen LogP contribution in [-0.2, 0) is 0 Å². The highest BCUT2D eigenvalue weighted by Gasteiger charge is 2.32. The monoisotopic (exact) mass is 371 g/mol. The maximum absolute atomic E-state index is 6.12. The number of fused-ring (bicyclic) bond motifs is 1. The molecule has 3 nitrogen and oxygen atoms in total. The number of benzene rings is 1. The van der Waals surface area contributed by atoms with Crippen LogP contribution in [0.25, 0.3) is 0 Å². The molecule has 116 valence electrons. The van der Waals surface area contributed by atoms with Crippen LogP contribution in [0.15, 0.2) is 22.7 Å². The first kappa shape index (κ1) is 15.8. The SMILES string of the molecule is NCC(c1ccc(Cl)cc1Br)N1CCCN2CCCC2C1. The molecule has 2 saturated heterocycles. The molecule has 0 aliphatic carbocycles. The van der Waals surface area contributed by atoms with E-state index in [0.29, 0.717) is 12.6 Å². The summed E-state index contributed by atoms with van der Waals surface area (Å²) < 4.78 is 1.07. The molecule has 2 atom stereocenters. The van der Waals surface area contributed by atoms with E-state index in [1.54, 1.807) is 0 Å². The van der Waals surface area contributed by atoms with Crippen LogP contribution < -0.4 is 5.73 Å². The summed E-state index contributed by atoms with van der Waals surface area (Å²) in [6.45, 7) is 5.42. The minimum absolute atomic E-state index is 0.275. The largest absolute Gasteiger partial charge is 0.329 e. The van der Waals surface area contributed by atoms with Crippen LogP contribution in [0.3, 0.4) is 0 Å². The first-order valence-electron chi connectivity index (χ1n) is 7.82. The topological polar surface area (TPSA) is 32.5 Å². The molecule has 5 heteroatoms. The van der Waals surface area contributed by atoms with Crippen molar-refractivity contribution in [2.24, 2.45) is 5.73 Å². The minimum Gasteiger partial charge on any atom is -0.329 e. The lowest BCUT2D eigenvalue weighted by Gasteiger charge is -2.33. The Hall–Kier alpha value is -0.130. The summed E-state index contributed by atoms with van der Waals surface area (Å²) in [5, 5.41) is 0.763. The molecule has 21 heavy (non-hydrogen) atoms. The van der Waals surface area contributed by atoms with E-state index in [-0.39, 0.29) is 6.04 Å². The van der Waals surface area contributed by atoms with Gasteiger partial charge in [0.05, 0.1) is 0 Å². The molecule has 0 aromatic heterocycles. The van der Waals surface area contributed by atoms with Gasteiger partial charge in [0.1, 0.15) is 0 Å². The standard InChI is InChI=1S/C16H23BrClN3/c17-15-9-12(18)4-5-14(15)16(10-19)21-8-2-7-20-6-1-3-13(20)11-21/h4-5,9,13,16H,1-3,6-8,10-11,19H2. The van der Waals surface area contributed by atoms with Gasteiger partial charge in [0.15, 0.2) is 0 Å². The van der Waals surface area contributed by atoms with Crippen LogP contribution in [0.4, 0.5) is 0 Å². The summed E-state index contributed by atoms with van der Waals surface area (Å²) in [5.74, 6) is 0. The molecule has 0 saturated carbocycles. The first-order valence-corrected chi connectivity index (χ1v) is 8.99. The summed E-state index contributed by atoms with van der Waals surface area (Å²) in [7, 11) is 0. The molecule has 2 aliphatic heterocycles. The Labute approximate surface area is 140 Å². The van der Waals surface area contributed by atoms with Gasteiger partial charge in [0.25, 0.3) is 0 Å². The number of hydrogen-bond donors (Lipinski definition) is 1. The number of nitrogens with zero attached hydrogens (tertiary/aromatic N) is 2. The van der Waals surface area contributed by atoms with Gasteiger partial charge in [-0.25, -0.2) is 0 Å². The van der Waals surface area contributed by atoms with Crippen LogP contribution in [0.5, 0.6) is 0 Å². The third-order valence-corrected chi connectivity index (χ3v) is 5.74. The number of halogens is 2. The number of rotatable bonds is 3. The Morgan fingerprint density at radius 1 is 1.29 bits per heavy atom. The van der Waals surface area contributed by atoms with E-state index in [9.17, 15) is 0 Å². The molecule has 2 aliphatic rings. The van der Waals surface area contributed by atoms with E-state index in [4.69, 9.17) is 17.3 Å². The average molecular weight is 373 g/mol. The van der Waals surface area contributed by atoms with Crippen LogP contribution in [0, 0.1) is 0 Å². The zero-order chi connectivity index (χ0) is 14.8. The molecule has 0 radical (unpaired) electrons. The van der Waals surface area contributed by atoms with E-state index >= 15 is 0 Å². The van der Waals surface area contributed by atoms with Crippen molar-refractivity contribution in [1.29, 1.82) is 0 Å². The summed E-state index contributed by atoms with van der Waals surface area (Å²) in [6.07, 6.45) is 3.91.